The number of hydrogen-bond donors (Lipinski definition) is 1. The van der Waals surface area contributed by atoms with E-state index >= 15 is 0 Å². The third-order valence-corrected chi connectivity index (χ3v) is 2.38. The maximum atomic E-state index is 11.6. The van der Waals surface area contributed by atoms with Crippen molar-refractivity contribution in [3.05, 3.63) is 0 Å². The maximum absolute atomic E-state index is 11.6. The number of amides is 1. The first kappa shape index (κ1) is 17.1. The molecule has 1 N–H and O–H groups in total. The molecule has 0 bridgehead atoms. The Labute approximate surface area is 110 Å². The molecule has 0 aliphatic carbocycles. The zero-order valence-electron chi connectivity index (χ0n) is 12.6. The Morgan fingerprint density at radius 2 is 1.61 bits per heavy atom. The Morgan fingerprint density at radius 3 is 2.06 bits per heavy atom. The van der Waals surface area contributed by atoms with Crippen molar-refractivity contribution >= 4 is 11.7 Å². The quantitative estimate of drug-likeness (QED) is 0.743. The molecule has 0 aromatic carbocycles. The number of hydrogen-bond acceptors (Lipinski definition) is 3. The van der Waals surface area contributed by atoms with Crippen molar-refractivity contribution in [2.75, 3.05) is 13.2 Å². The van der Waals surface area contributed by atoms with Gasteiger partial charge in [0, 0.05) is 18.4 Å². The molecule has 0 radical (unpaired) electrons. The number of carbonyl (C=O) groups is 2. The summed E-state index contributed by atoms with van der Waals surface area (Å²) >= 11 is 0. The lowest BCUT2D eigenvalue weighted by molar-refractivity contribution is -0.131. The van der Waals surface area contributed by atoms with E-state index in [0.29, 0.717) is 19.4 Å². The van der Waals surface area contributed by atoms with Crippen molar-refractivity contribution in [2.24, 2.45) is 5.41 Å². The molecular weight excluding hydrogens is 230 g/mol. The molecule has 0 fully saturated rings. The van der Waals surface area contributed by atoms with Crippen molar-refractivity contribution in [3.8, 4) is 0 Å². The van der Waals surface area contributed by atoms with E-state index in [9.17, 15) is 9.59 Å². The van der Waals surface area contributed by atoms with Crippen LogP contribution in [0.3, 0.4) is 0 Å². The summed E-state index contributed by atoms with van der Waals surface area (Å²) < 4.78 is 5.34. The summed E-state index contributed by atoms with van der Waals surface area (Å²) in [5, 5.41) is 2.75. The van der Waals surface area contributed by atoms with E-state index in [1.165, 1.54) is 0 Å². The van der Waals surface area contributed by atoms with Gasteiger partial charge in [0.05, 0.1) is 5.60 Å². The van der Waals surface area contributed by atoms with Crippen molar-refractivity contribution in [3.63, 3.8) is 0 Å². The molecule has 0 saturated carbocycles. The summed E-state index contributed by atoms with van der Waals surface area (Å²) in [5.74, 6) is 0.0934. The molecule has 0 rings (SSSR count). The second-order valence-electron chi connectivity index (χ2n) is 6.53. The Kier molecular flexibility index (Phi) is 6.54. The van der Waals surface area contributed by atoms with Gasteiger partial charge in [0.25, 0.3) is 0 Å². The molecule has 0 saturated heterocycles. The minimum atomic E-state index is -0.306. The smallest absolute Gasteiger partial charge is 0.246 e. The highest BCUT2D eigenvalue weighted by Gasteiger charge is 2.20. The van der Waals surface area contributed by atoms with E-state index in [-0.39, 0.29) is 29.3 Å². The number of carbonyl (C=O) groups excluding carboxylic acids is 2. The van der Waals surface area contributed by atoms with Gasteiger partial charge in [-0.1, -0.05) is 20.8 Å². The van der Waals surface area contributed by atoms with Gasteiger partial charge in [-0.05, 0) is 27.2 Å². The molecule has 0 aliphatic heterocycles. The van der Waals surface area contributed by atoms with E-state index < -0.39 is 0 Å². The van der Waals surface area contributed by atoms with Crippen LogP contribution in [0.2, 0.25) is 0 Å². The van der Waals surface area contributed by atoms with Gasteiger partial charge in [-0.25, -0.2) is 0 Å². The van der Waals surface area contributed by atoms with Gasteiger partial charge in [0.15, 0.2) is 0 Å². The molecular formula is C14H27NO3. The SMILES string of the molecule is CC(C)(C)OCC(=O)NCCCC(=O)C(C)(C)C. The molecule has 0 spiro atoms. The Bertz CT molecular complexity index is 284. The zero-order chi connectivity index (χ0) is 14.4. The highest BCUT2D eigenvalue weighted by atomic mass is 16.5. The van der Waals surface area contributed by atoms with Crippen molar-refractivity contribution in [2.45, 2.75) is 60.0 Å². The maximum Gasteiger partial charge on any atom is 0.246 e. The summed E-state index contributed by atoms with van der Waals surface area (Å²) in [6.45, 7) is 12.0. The van der Waals surface area contributed by atoms with Gasteiger partial charge in [0.1, 0.15) is 12.4 Å². The summed E-state index contributed by atoms with van der Waals surface area (Å²) in [4.78, 5) is 23.0. The third-order valence-electron chi connectivity index (χ3n) is 2.38. The normalized spacial score (nSPS) is 12.3. The number of ketones is 1. The Hall–Kier alpha value is -0.900. The molecule has 0 unspecified atom stereocenters. The summed E-state index contributed by atoms with van der Waals surface area (Å²) in [7, 11) is 0. The molecule has 106 valence electrons. The van der Waals surface area contributed by atoms with Crippen LogP contribution in [0, 0.1) is 5.41 Å². The van der Waals surface area contributed by atoms with Gasteiger partial charge >= 0.3 is 0 Å². The molecule has 18 heavy (non-hydrogen) atoms. The van der Waals surface area contributed by atoms with Crippen LogP contribution in [0.1, 0.15) is 54.4 Å². The van der Waals surface area contributed by atoms with Crippen molar-refractivity contribution in [1.29, 1.82) is 0 Å². The predicted octanol–water partition coefficient (Wildman–Crippen LogP) is 2.31. The lowest BCUT2D eigenvalue weighted by Crippen LogP contribution is -2.33. The topological polar surface area (TPSA) is 55.4 Å². The van der Waals surface area contributed by atoms with Crippen LogP contribution in [-0.4, -0.2) is 30.4 Å². The zero-order valence-corrected chi connectivity index (χ0v) is 12.6. The molecule has 4 heteroatoms. The molecule has 0 heterocycles. The second kappa shape index (κ2) is 6.88. The largest absolute Gasteiger partial charge is 0.366 e. The Balaban J connectivity index is 3.68. The number of ether oxygens (including phenoxy) is 1. The minimum absolute atomic E-state index is 0.0662. The van der Waals surface area contributed by atoms with Crippen LogP contribution in [0.25, 0.3) is 0 Å². The average molecular weight is 257 g/mol. The monoisotopic (exact) mass is 257 g/mol. The summed E-state index contributed by atoms with van der Waals surface area (Å²) in [6, 6.07) is 0. The number of Topliss-reactive ketones (excluding diaryl/α,β-unsaturated/α-hetero) is 1. The summed E-state index contributed by atoms with van der Waals surface area (Å²) in [5.41, 5.74) is -0.598. The standard InChI is InChI=1S/C14H27NO3/c1-13(2,3)11(16)8-7-9-15-12(17)10-18-14(4,5)6/h7-10H2,1-6H3,(H,15,17). The lowest BCUT2D eigenvalue weighted by Gasteiger charge is -2.19. The van der Waals surface area contributed by atoms with Crippen LogP contribution in [0.4, 0.5) is 0 Å². The fraction of sp³-hybridized carbons (Fsp3) is 0.857. The molecule has 0 aliphatic rings. The minimum Gasteiger partial charge on any atom is -0.366 e. The van der Waals surface area contributed by atoms with E-state index in [1.54, 1.807) is 0 Å². The van der Waals surface area contributed by atoms with Crippen molar-refractivity contribution in [1.82, 2.24) is 5.32 Å². The second-order valence-corrected chi connectivity index (χ2v) is 6.53. The first-order valence-electron chi connectivity index (χ1n) is 6.46. The fourth-order valence-corrected chi connectivity index (χ4v) is 1.18. The van der Waals surface area contributed by atoms with Crippen LogP contribution in [0.15, 0.2) is 0 Å². The highest BCUT2D eigenvalue weighted by molar-refractivity contribution is 5.83. The Morgan fingerprint density at radius 1 is 1.06 bits per heavy atom. The summed E-state index contributed by atoms with van der Waals surface area (Å²) in [6.07, 6.45) is 1.18. The lowest BCUT2D eigenvalue weighted by atomic mass is 9.88. The van der Waals surface area contributed by atoms with Crippen LogP contribution in [-0.2, 0) is 14.3 Å². The third kappa shape index (κ3) is 9.16. The van der Waals surface area contributed by atoms with Gasteiger partial charge in [-0.15, -0.1) is 0 Å². The van der Waals surface area contributed by atoms with Crippen LogP contribution in [0.5, 0.6) is 0 Å². The van der Waals surface area contributed by atoms with Crippen LogP contribution < -0.4 is 5.32 Å². The van der Waals surface area contributed by atoms with Crippen LogP contribution >= 0.6 is 0 Å². The number of rotatable bonds is 6. The molecule has 0 aromatic heterocycles. The van der Waals surface area contributed by atoms with E-state index in [4.69, 9.17) is 4.74 Å². The first-order chi connectivity index (χ1) is 8.02. The van der Waals surface area contributed by atoms with Gasteiger partial charge < -0.3 is 10.1 Å². The molecule has 0 aromatic rings. The van der Waals surface area contributed by atoms with Gasteiger partial charge in [0.2, 0.25) is 5.91 Å². The van der Waals surface area contributed by atoms with Gasteiger partial charge in [-0.3, -0.25) is 9.59 Å². The molecule has 1 amide bonds. The number of nitrogens with one attached hydrogen (secondary N) is 1. The van der Waals surface area contributed by atoms with E-state index in [2.05, 4.69) is 5.32 Å². The fourth-order valence-electron chi connectivity index (χ4n) is 1.18. The predicted molar refractivity (Wildman–Crippen MR) is 72.4 cm³/mol. The molecule has 0 atom stereocenters. The highest BCUT2D eigenvalue weighted by Crippen LogP contribution is 2.17. The molecule has 4 nitrogen and oxygen atoms in total. The van der Waals surface area contributed by atoms with Gasteiger partial charge in [-0.2, -0.15) is 0 Å². The van der Waals surface area contributed by atoms with E-state index in [0.717, 1.165) is 0 Å². The first-order valence-corrected chi connectivity index (χ1v) is 6.46. The van der Waals surface area contributed by atoms with E-state index in [1.807, 2.05) is 41.5 Å². The van der Waals surface area contributed by atoms with Crippen molar-refractivity contribution < 1.29 is 14.3 Å². The average Bonchev–Trinajstić information content (AvgIpc) is 2.18.